The highest BCUT2D eigenvalue weighted by Crippen LogP contribution is 2.27. The summed E-state index contributed by atoms with van der Waals surface area (Å²) in [4.78, 5) is 30.2. The number of anilines is 1. The van der Waals surface area contributed by atoms with E-state index < -0.39 is 34.4 Å². The first-order valence-corrected chi connectivity index (χ1v) is 9.87. The Bertz CT molecular complexity index is 1310. The van der Waals surface area contributed by atoms with E-state index >= 15 is 0 Å². The molecule has 0 saturated carbocycles. The summed E-state index contributed by atoms with van der Waals surface area (Å²) in [7, 11) is 0. The summed E-state index contributed by atoms with van der Waals surface area (Å²) >= 11 is 0. The molecule has 32 heavy (non-hydrogen) atoms. The molecule has 7 nitrogen and oxygen atoms in total. The van der Waals surface area contributed by atoms with E-state index in [9.17, 15) is 27.9 Å². The van der Waals surface area contributed by atoms with Crippen molar-refractivity contribution in [3.63, 3.8) is 0 Å². The number of carbonyl (C=O) groups is 1. The number of rotatable bonds is 4. The van der Waals surface area contributed by atoms with E-state index in [1.807, 2.05) is 6.08 Å². The summed E-state index contributed by atoms with van der Waals surface area (Å²) in [5, 5.41) is 9.08. The minimum atomic E-state index is -1.56. The number of nitrogens with zero attached hydrogens (tertiary/aromatic N) is 3. The van der Waals surface area contributed by atoms with Gasteiger partial charge in [0, 0.05) is 31.9 Å². The average molecular weight is 444 g/mol. The fraction of sp³-hybridized carbons (Fsp3) is 0.227. The molecule has 0 bridgehead atoms. The first kappa shape index (κ1) is 21.6. The summed E-state index contributed by atoms with van der Waals surface area (Å²) < 4.78 is 43.9. The number of carboxylic acids is 1. The molecule has 3 heterocycles. The Balaban J connectivity index is 1.93. The average Bonchev–Trinajstić information content (AvgIpc) is 2.75. The van der Waals surface area contributed by atoms with Gasteiger partial charge in [0.05, 0.1) is 11.1 Å². The number of pyridine rings is 2. The molecule has 10 heteroatoms. The quantitative estimate of drug-likeness (QED) is 0.600. The van der Waals surface area contributed by atoms with Crippen molar-refractivity contribution in [3.05, 3.63) is 75.3 Å². The van der Waals surface area contributed by atoms with Crippen molar-refractivity contribution < 1.29 is 23.1 Å². The zero-order chi connectivity index (χ0) is 23.0. The number of halogens is 3. The Morgan fingerprint density at radius 3 is 2.50 bits per heavy atom. The molecule has 0 aliphatic carbocycles. The summed E-state index contributed by atoms with van der Waals surface area (Å²) in [6.07, 6.45) is 4.15. The predicted molar refractivity (Wildman–Crippen MR) is 113 cm³/mol. The largest absolute Gasteiger partial charge is 0.477 e. The Morgan fingerprint density at radius 2 is 1.88 bits per heavy atom. The lowest BCUT2D eigenvalue weighted by atomic mass is 10.0. The van der Waals surface area contributed by atoms with Gasteiger partial charge in [-0.15, -0.1) is 0 Å². The van der Waals surface area contributed by atoms with Gasteiger partial charge in [-0.05, 0) is 31.0 Å². The lowest BCUT2D eigenvalue weighted by Gasteiger charge is -2.30. The molecule has 166 valence electrons. The molecule has 3 aromatic rings. The van der Waals surface area contributed by atoms with E-state index in [1.54, 1.807) is 4.90 Å². The van der Waals surface area contributed by atoms with Crippen LogP contribution in [-0.2, 0) is 0 Å². The van der Waals surface area contributed by atoms with Crippen LogP contribution < -0.4 is 16.1 Å². The van der Waals surface area contributed by atoms with E-state index in [1.165, 1.54) is 0 Å². The second-order valence-corrected chi connectivity index (χ2v) is 7.39. The second-order valence-electron chi connectivity index (χ2n) is 7.39. The van der Waals surface area contributed by atoms with Crippen LogP contribution in [0.2, 0.25) is 0 Å². The first-order chi connectivity index (χ1) is 15.3. The van der Waals surface area contributed by atoms with Crippen molar-refractivity contribution in [1.29, 1.82) is 0 Å². The van der Waals surface area contributed by atoms with Gasteiger partial charge in [0.2, 0.25) is 5.43 Å². The maximum absolute atomic E-state index is 15.0. The number of aromatic carboxylic acids is 1. The minimum Gasteiger partial charge on any atom is -0.477 e. The molecule has 1 aliphatic heterocycles. The summed E-state index contributed by atoms with van der Waals surface area (Å²) in [5.41, 5.74) is 4.70. The standard InChI is InChI=1S/C22H19F3N4O3/c23-13-1-2-18(16(24)9-13)29-11-15(22(31)32)19(30)14-10-17(25)21(27-20(14)29)28-7-4-12(3-6-26)5-8-28/h1-3,9-11H,4-8,26H2,(H,31,32). The van der Waals surface area contributed by atoms with Crippen LogP contribution in [-0.4, -0.2) is 40.3 Å². The number of benzene rings is 1. The Morgan fingerprint density at radius 1 is 1.16 bits per heavy atom. The molecular formula is C22H19F3N4O3. The molecule has 1 saturated heterocycles. The maximum atomic E-state index is 15.0. The summed E-state index contributed by atoms with van der Waals surface area (Å²) in [5.74, 6) is -4.22. The van der Waals surface area contributed by atoms with Crippen molar-refractivity contribution in [2.24, 2.45) is 5.73 Å². The van der Waals surface area contributed by atoms with Crippen LogP contribution in [0.1, 0.15) is 23.2 Å². The first-order valence-electron chi connectivity index (χ1n) is 9.87. The van der Waals surface area contributed by atoms with Crippen LogP contribution in [0.4, 0.5) is 19.0 Å². The smallest absolute Gasteiger partial charge is 0.341 e. The van der Waals surface area contributed by atoms with Gasteiger partial charge in [-0.1, -0.05) is 11.6 Å². The minimum absolute atomic E-state index is 0.0388. The van der Waals surface area contributed by atoms with Crippen molar-refractivity contribution in [3.8, 4) is 5.69 Å². The van der Waals surface area contributed by atoms with E-state index in [0.29, 0.717) is 38.5 Å². The lowest BCUT2D eigenvalue weighted by Crippen LogP contribution is -2.32. The number of hydrogen-bond donors (Lipinski definition) is 2. The van der Waals surface area contributed by atoms with Gasteiger partial charge in [-0.3, -0.25) is 9.36 Å². The van der Waals surface area contributed by atoms with Gasteiger partial charge in [0.25, 0.3) is 0 Å². The lowest BCUT2D eigenvalue weighted by molar-refractivity contribution is 0.0695. The molecule has 0 amide bonds. The number of nitrogens with two attached hydrogens (primary N) is 1. The molecule has 0 unspecified atom stereocenters. The molecule has 1 aromatic carbocycles. The monoisotopic (exact) mass is 444 g/mol. The molecule has 0 radical (unpaired) electrons. The Hall–Kier alpha value is -3.66. The number of hydrogen-bond acceptors (Lipinski definition) is 5. The van der Waals surface area contributed by atoms with Crippen LogP contribution in [0.3, 0.4) is 0 Å². The van der Waals surface area contributed by atoms with Crippen LogP contribution in [0.5, 0.6) is 0 Å². The highest BCUT2D eigenvalue weighted by Gasteiger charge is 2.24. The van der Waals surface area contributed by atoms with Crippen molar-refractivity contribution in [1.82, 2.24) is 9.55 Å². The third kappa shape index (κ3) is 3.84. The van der Waals surface area contributed by atoms with Gasteiger partial charge >= 0.3 is 5.97 Å². The van der Waals surface area contributed by atoms with Crippen LogP contribution in [0.25, 0.3) is 16.7 Å². The molecule has 4 rings (SSSR count). The van der Waals surface area contributed by atoms with Gasteiger partial charge in [-0.25, -0.2) is 22.9 Å². The van der Waals surface area contributed by atoms with E-state index in [4.69, 9.17) is 5.73 Å². The van der Waals surface area contributed by atoms with Crippen LogP contribution in [0, 0.1) is 17.5 Å². The molecule has 0 spiro atoms. The van der Waals surface area contributed by atoms with Crippen molar-refractivity contribution in [2.45, 2.75) is 12.8 Å². The van der Waals surface area contributed by atoms with Crippen LogP contribution in [0.15, 0.2) is 46.9 Å². The number of aromatic nitrogens is 2. The van der Waals surface area contributed by atoms with E-state index in [0.717, 1.165) is 34.5 Å². The third-order valence-corrected chi connectivity index (χ3v) is 5.42. The highest BCUT2D eigenvalue weighted by molar-refractivity contribution is 5.92. The number of fused-ring (bicyclic) bond motifs is 1. The number of piperidine rings is 1. The van der Waals surface area contributed by atoms with E-state index in [-0.39, 0.29) is 22.5 Å². The van der Waals surface area contributed by atoms with Gasteiger partial charge < -0.3 is 15.7 Å². The predicted octanol–water partition coefficient (Wildman–Crippen LogP) is 2.99. The normalized spacial score (nSPS) is 14.1. The zero-order valence-electron chi connectivity index (χ0n) is 16.8. The van der Waals surface area contributed by atoms with E-state index in [2.05, 4.69) is 4.98 Å². The molecule has 3 N–H and O–H groups in total. The van der Waals surface area contributed by atoms with Gasteiger partial charge in [-0.2, -0.15) is 0 Å². The van der Waals surface area contributed by atoms with Crippen molar-refractivity contribution >= 4 is 22.8 Å². The SMILES string of the molecule is NCC=C1CCN(c2nc3c(cc2F)c(=O)c(C(=O)O)cn3-c2ccc(F)cc2F)CC1. The molecule has 1 aliphatic rings. The maximum Gasteiger partial charge on any atom is 0.341 e. The molecule has 2 aromatic heterocycles. The Labute approximate surface area is 180 Å². The number of carboxylic acid groups (broad SMARTS) is 1. The third-order valence-electron chi connectivity index (χ3n) is 5.42. The zero-order valence-corrected chi connectivity index (χ0v) is 16.8. The molecule has 1 fully saturated rings. The highest BCUT2D eigenvalue weighted by atomic mass is 19.1. The molecular weight excluding hydrogens is 425 g/mol. The topological polar surface area (TPSA) is 101 Å². The second kappa shape index (κ2) is 8.46. The summed E-state index contributed by atoms with van der Waals surface area (Å²) in [6.45, 7) is 1.34. The van der Waals surface area contributed by atoms with Crippen molar-refractivity contribution in [2.75, 3.05) is 24.5 Å². The van der Waals surface area contributed by atoms with Gasteiger partial charge in [0.15, 0.2) is 17.3 Å². The summed E-state index contributed by atoms with van der Waals surface area (Å²) in [6, 6.07) is 3.62. The molecule has 0 atom stereocenters. The fourth-order valence-electron chi connectivity index (χ4n) is 3.83. The van der Waals surface area contributed by atoms with Gasteiger partial charge in [0.1, 0.15) is 17.2 Å². The Kier molecular flexibility index (Phi) is 5.70. The van der Waals surface area contributed by atoms with Crippen LogP contribution >= 0.6 is 0 Å². The fourth-order valence-corrected chi connectivity index (χ4v) is 3.83.